The molecule has 15 heteroatoms. The fourth-order valence-electron chi connectivity index (χ4n) is 4.94. The summed E-state index contributed by atoms with van der Waals surface area (Å²) in [4.78, 5) is 52.7. The van der Waals surface area contributed by atoms with Gasteiger partial charge in [-0.15, -0.1) is 0 Å². The van der Waals surface area contributed by atoms with Gasteiger partial charge in [-0.25, -0.2) is 9.59 Å². The van der Waals surface area contributed by atoms with E-state index in [-0.39, 0.29) is 37.2 Å². The fourth-order valence-corrected chi connectivity index (χ4v) is 4.94. The van der Waals surface area contributed by atoms with E-state index in [0.717, 1.165) is 17.0 Å². The van der Waals surface area contributed by atoms with Crippen LogP contribution in [-0.4, -0.2) is 79.6 Å². The highest BCUT2D eigenvalue weighted by Crippen LogP contribution is 2.39. The van der Waals surface area contributed by atoms with Crippen molar-refractivity contribution in [2.75, 3.05) is 37.7 Å². The number of amidine groups is 1. The van der Waals surface area contributed by atoms with Gasteiger partial charge in [0, 0.05) is 50.7 Å². The average Bonchev–Trinajstić information content (AvgIpc) is 3.03. The van der Waals surface area contributed by atoms with Crippen LogP contribution in [0.15, 0.2) is 48.5 Å². The molecule has 0 saturated carbocycles. The largest absolute Gasteiger partial charge is 0.490 e. The van der Waals surface area contributed by atoms with Crippen molar-refractivity contribution < 1.29 is 46.6 Å². The number of nitrogens with one attached hydrogen (secondary N) is 2. The number of amides is 3. The average molecular weight is 676 g/mol. The quantitative estimate of drug-likeness (QED) is 0.159. The standard InChI is InChI=1S/C33H40F3N5O7/c1-4-46-29(43)20-27(31(44)47-5-2)39-32(45)41(15-7-9-22-8-6-10-23(18-22)30(37)38)24-11-12-28(26(19-24)33(34,35)36)48-25-13-16-40(17-14-25)21(3)42/h6-12,18-19,25,27H,4-5,13-17,20H2,1-3H3,(H3,37,38)(H,39,45). The summed E-state index contributed by atoms with van der Waals surface area (Å²) < 4.78 is 58.9. The Hall–Kier alpha value is -5.08. The molecule has 1 saturated heterocycles. The van der Waals surface area contributed by atoms with E-state index in [9.17, 15) is 32.3 Å². The Bertz CT molecular complexity index is 1510. The van der Waals surface area contributed by atoms with E-state index in [2.05, 4.69) is 5.32 Å². The number of hydrogen-bond acceptors (Lipinski definition) is 8. The summed E-state index contributed by atoms with van der Waals surface area (Å²) in [5, 5.41) is 10.1. The first-order chi connectivity index (χ1) is 22.7. The van der Waals surface area contributed by atoms with Gasteiger partial charge in [-0.2, -0.15) is 13.2 Å². The Labute approximate surface area is 276 Å². The number of nitrogen functional groups attached to an aromatic ring is 1. The predicted molar refractivity (Wildman–Crippen MR) is 171 cm³/mol. The molecule has 0 aliphatic carbocycles. The number of nitrogens with zero attached hydrogens (tertiary/aromatic N) is 2. The molecular weight excluding hydrogens is 635 g/mol. The zero-order valence-corrected chi connectivity index (χ0v) is 27.0. The molecule has 48 heavy (non-hydrogen) atoms. The number of carbonyl (C=O) groups excluding carboxylic acids is 4. The number of nitrogens with two attached hydrogens (primary N) is 1. The molecule has 1 atom stereocenters. The number of alkyl halides is 3. The molecule has 3 amide bonds. The van der Waals surface area contributed by atoms with E-state index in [1.807, 2.05) is 0 Å². The first-order valence-corrected chi connectivity index (χ1v) is 15.4. The molecule has 0 aromatic heterocycles. The number of likely N-dealkylation sites (tertiary alicyclic amines) is 1. The normalized spacial score (nSPS) is 14.2. The van der Waals surface area contributed by atoms with Gasteiger partial charge in [-0.1, -0.05) is 30.4 Å². The van der Waals surface area contributed by atoms with Gasteiger partial charge in [0.25, 0.3) is 0 Å². The predicted octanol–water partition coefficient (Wildman–Crippen LogP) is 4.49. The second kappa shape index (κ2) is 17.2. The molecule has 1 fully saturated rings. The second-order valence-electron chi connectivity index (χ2n) is 10.8. The van der Waals surface area contributed by atoms with Crippen molar-refractivity contribution >= 4 is 41.5 Å². The molecule has 4 N–H and O–H groups in total. The van der Waals surface area contributed by atoms with Crippen LogP contribution < -0.4 is 20.7 Å². The molecule has 2 aromatic carbocycles. The minimum atomic E-state index is -4.87. The molecule has 0 radical (unpaired) electrons. The van der Waals surface area contributed by atoms with Crippen molar-refractivity contribution in [3.63, 3.8) is 0 Å². The third-order valence-electron chi connectivity index (χ3n) is 7.35. The van der Waals surface area contributed by atoms with Crippen LogP contribution in [0.1, 0.15) is 56.7 Å². The maximum Gasteiger partial charge on any atom is 0.420 e. The number of carbonyl (C=O) groups is 4. The van der Waals surface area contributed by atoms with Crippen molar-refractivity contribution in [1.29, 1.82) is 5.41 Å². The second-order valence-corrected chi connectivity index (χ2v) is 10.8. The van der Waals surface area contributed by atoms with Gasteiger partial charge in [0.15, 0.2) is 0 Å². The number of anilines is 1. The minimum Gasteiger partial charge on any atom is -0.490 e. The fraction of sp³-hybridized carbons (Fsp3) is 0.424. The van der Waals surface area contributed by atoms with Crippen LogP contribution in [0.5, 0.6) is 5.75 Å². The summed E-state index contributed by atoms with van der Waals surface area (Å²) in [6.45, 7) is 4.92. The first kappa shape index (κ1) is 37.4. The summed E-state index contributed by atoms with van der Waals surface area (Å²) in [6.07, 6.45) is -2.21. The van der Waals surface area contributed by atoms with Crippen LogP contribution in [-0.2, 0) is 30.0 Å². The number of halogens is 3. The summed E-state index contributed by atoms with van der Waals surface area (Å²) in [6, 6.07) is 7.33. The lowest BCUT2D eigenvalue weighted by Crippen LogP contribution is -2.49. The lowest BCUT2D eigenvalue weighted by Gasteiger charge is -2.32. The molecule has 260 valence electrons. The Morgan fingerprint density at radius 2 is 1.77 bits per heavy atom. The van der Waals surface area contributed by atoms with Crippen LogP contribution in [0.25, 0.3) is 6.08 Å². The van der Waals surface area contributed by atoms with Crippen LogP contribution in [0.3, 0.4) is 0 Å². The highest BCUT2D eigenvalue weighted by Gasteiger charge is 2.37. The summed E-state index contributed by atoms with van der Waals surface area (Å²) >= 11 is 0. The van der Waals surface area contributed by atoms with Crippen molar-refractivity contribution in [2.24, 2.45) is 5.73 Å². The van der Waals surface area contributed by atoms with Crippen LogP contribution in [0.4, 0.5) is 23.7 Å². The maximum atomic E-state index is 14.4. The third-order valence-corrected chi connectivity index (χ3v) is 7.35. The van der Waals surface area contributed by atoms with Crippen molar-refractivity contribution in [1.82, 2.24) is 10.2 Å². The molecule has 1 unspecified atom stereocenters. The van der Waals surface area contributed by atoms with Crippen molar-refractivity contribution in [2.45, 2.75) is 58.4 Å². The van der Waals surface area contributed by atoms with E-state index >= 15 is 0 Å². The molecule has 0 bridgehead atoms. The van der Waals surface area contributed by atoms with Crippen LogP contribution in [0.2, 0.25) is 0 Å². The van der Waals surface area contributed by atoms with Gasteiger partial charge in [0.05, 0.1) is 25.2 Å². The van der Waals surface area contributed by atoms with Gasteiger partial charge in [0.2, 0.25) is 5.91 Å². The summed E-state index contributed by atoms with van der Waals surface area (Å²) in [5.41, 5.74) is 5.31. The van der Waals surface area contributed by atoms with Gasteiger partial charge < -0.3 is 30.2 Å². The number of benzene rings is 2. The lowest BCUT2D eigenvalue weighted by molar-refractivity contribution is -0.151. The van der Waals surface area contributed by atoms with E-state index < -0.39 is 54.0 Å². The topological polar surface area (TPSA) is 164 Å². The number of hydrogen-bond donors (Lipinski definition) is 3. The zero-order chi connectivity index (χ0) is 35.4. The van der Waals surface area contributed by atoms with Gasteiger partial charge in [0.1, 0.15) is 23.7 Å². The molecular formula is C33H40F3N5O7. The first-order valence-electron chi connectivity index (χ1n) is 15.4. The molecule has 1 aliphatic heterocycles. The zero-order valence-electron chi connectivity index (χ0n) is 27.0. The van der Waals surface area contributed by atoms with Gasteiger partial charge in [-0.05, 0) is 43.7 Å². The van der Waals surface area contributed by atoms with Crippen molar-refractivity contribution in [3.05, 3.63) is 65.2 Å². The molecule has 1 heterocycles. The van der Waals surface area contributed by atoms with E-state index in [1.54, 1.807) is 42.2 Å². The summed E-state index contributed by atoms with van der Waals surface area (Å²) in [5.74, 6) is -2.44. The highest BCUT2D eigenvalue weighted by molar-refractivity contribution is 5.97. The van der Waals surface area contributed by atoms with Gasteiger partial charge >= 0.3 is 24.1 Å². The Morgan fingerprint density at radius 1 is 1.08 bits per heavy atom. The third kappa shape index (κ3) is 10.7. The molecule has 0 spiro atoms. The van der Waals surface area contributed by atoms with Crippen LogP contribution >= 0.6 is 0 Å². The Kier molecular flexibility index (Phi) is 13.4. The van der Waals surface area contributed by atoms with E-state index in [4.69, 9.17) is 25.4 Å². The van der Waals surface area contributed by atoms with Crippen LogP contribution in [0, 0.1) is 5.41 Å². The van der Waals surface area contributed by atoms with Crippen molar-refractivity contribution in [3.8, 4) is 5.75 Å². The highest BCUT2D eigenvalue weighted by atomic mass is 19.4. The van der Waals surface area contributed by atoms with E-state index in [1.165, 1.54) is 26.0 Å². The number of urea groups is 1. The number of esters is 2. The maximum absolute atomic E-state index is 14.4. The summed E-state index contributed by atoms with van der Waals surface area (Å²) in [7, 11) is 0. The minimum absolute atomic E-state index is 0.0224. The molecule has 3 rings (SSSR count). The number of piperidine rings is 1. The lowest BCUT2D eigenvalue weighted by atomic mass is 10.1. The van der Waals surface area contributed by atoms with E-state index in [0.29, 0.717) is 37.1 Å². The number of rotatable bonds is 13. The molecule has 1 aliphatic rings. The van der Waals surface area contributed by atoms with Gasteiger partial charge in [-0.3, -0.25) is 19.9 Å². The number of ether oxygens (including phenoxy) is 3. The molecule has 2 aromatic rings. The monoisotopic (exact) mass is 675 g/mol. The smallest absolute Gasteiger partial charge is 0.420 e. The molecule has 12 nitrogen and oxygen atoms in total. The SMILES string of the molecule is CCOC(=O)CC(NC(=O)N(CC=Cc1cccc(C(=N)N)c1)c1ccc(OC2CCN(C(C)=O)CC2)c(C(F)(F)F)c1)C(=O)OCC. The Balaban J connectivity index is 1.97. The Morgan fingerprint density at radius 3 is 2.38 bits per heavy atom.